The number of benzene rings is 2. The van der Waals surface area contributed by atoms with Crippen molar-refractivity contribution in [1.82, 2.24) is 9.47 Å². The SMILES string of the molecule is CCn1cc(C(=O)N2CCN(c3ccc(OC)cc3)CC2)c(=O)c2cc(Cl)ccc21. The second-order valence-corrected chi connectivity index (χ2v) is 7.73. The molecule has 1 amide bonds. The average molecular weight is 426 g/mol. The van der Waals surface area contributed by atoms with E-state index in [4.69, 9.17) is 16.3 Å². The fraction of sp³-hybridized carbons (Fsp3) is 0.304. The first-order valence-electron chi connectivity index (χ1n) is 10.0. The number of pyridine rings is 1. The van der Waals surface area contributed by atoms with Gasteiger partial charge in [0.05, 0.1) is 12.6 Å². The number of methoxy groups -OCH3 is 1. The van der Waals surface area contributed by atoms with E-state index in [1.165, 1.54) is 0 Å². The van der Waals surface area contributed by atoms with Crippen molar-refractivity contribution < 1.29 is 9.53 Å². The molecule has 0 spiro atoms. The highest BCUT2D eigenvalue weighted by atomic mass is 35.5. The number of hydrogen-bond acceptors (Lipinski definition) is 4. The van der Waals surface area contributed by atoms with Crippen molar-refractivity contribution in [2.75, 3.05) is 38.2 Å². The van der Waals surface area contributed by atoms with Gasteiger partial charge in [0.25, 0.3) is 5.91 Å². The van der Waals surface area contributed by atoms with Crippen LogP contribution in [0.1, 0.15) is 17.3 Å². The highest BCUT2D eigenvalue weighted by Crippen LogP contribution is 2.22. The minimum atomic E-state index is -0.264. The third kappa shape index (κ3) is 3.75. The van der Waals surface area contributed by atoms with E-state index in [9.17, 15) is 9.59 Å². The molecule has 1 saturated heterocycles. The molecule has 4 rings (SSSR count). The van der Waals surface area contributed by atoms with Crippen LogP contribution in [0, 0.1) is 0 Å². The van der Waals surface area contributed by atoms with Gasteiger partial charge in [-0.15, -0.1) is 0 Å². The Kier molecular flexibility index (Phi) is 5.68. The van der Waals surface area contributed by atoms with Crippen LogP contribution in [-0.2, 0) is 6.54 Å². The van der Waals surface area contributed by atoms with Crippen molar-refractivity contribution in [2.24, 2.45) is 0 Å². The van der Waals surface area contributed by atoms with Gasteiger partial charge in [-0.1, -0.05) is 11.6 Å². The summed E-state index contributed by atoms with van der Waals surface area (Å²) in [6, 6.07) is 13.1. The zero-order valence-electron chi connectivity index (χ0n) is 17.1. The maximum Gasteiger partial charge on any atom is 0.259 e. The molecule has 1 fully saturated rings. The number of carbonyl (C=O) groups excluding carboxylic acids is 1. The molecule has 30 heavy (non-hydrogen) atoms. The molecule has 156 valence electrons. The zero-order valence-corrected chi connectivity index (χ0v) is 17.9. The number of hydrogen-bond donors (Lipinski definition) is 0. The number of rotatable bonds is 4. The van der Waals surface area contributed by atoms with E-state index in [0.29, 0.717) is 43.1 Å². The lowest BCUT2D eigenvalue weighted by atomic mass is 10.1. The summed E-state index contributed by atoms with van der Waals surface area (Å²) in [5, 5.41) is 0.965. The summed E-state index contributed by atoms with van der Waals surface area (Å²) >= 11 is 6.10. The molecule has 0 bridgehead atoms. The topological polar surface area (TPSA) is 54.8 Å². The maximum atomic E-state index is 13.2. The summed E-state index contributed by atoms with van der Waals surface area (Å²) in [5.41, 5.74) is 1.81. The lowest BCUT2D eigenvalue weighted by molar-refractivity contribution is 0.0745. The Balaban J connectivity index is 1.56. The average Bonchev–Trinajstić information content (AvgIpc) is 2.79. The molecule has 0 N–H and O–H groups in total. The molecule has 2 aromatic carbocycles. The number of piperazine rings is 1. The van der Waals surface area contributed by atoms with E-state index in [1.807, 2.05) is 41.8 Å². The predicted octanol–water partition coefficient (Wildman–Crippen LogP) is 3.65. The minimum Gasteiger partial charge on any atom is -0.497 e. The van der Waals surface area contributed by atoms with Crippen LogP contribution in [0.15, 0.2) is 53.5 Å². The molecule has 0 aliphatic carbocycles. The molecule has 0 radical (unpaired) electrons. The van der Waals surface area contributed by atoms with E-state index in [2.05, 4.69) is 4.90 Å². The van der Waals surface area contributed by atoms with Gasteiger partial charge < -0.3 is 19.1 Å². The molecular weight excluding hydrogens is 402 g/mol. The van der Waals surface area contributed by atoms with Gasteiger partial charge in [-0.2, -0.15) is 0 Å². The fourth-order valence-electron chi connectivity index (χ4n) is 3.91. The van der Waals surface area contributed by atoms with Crippen LogP contribution >= 0.6 is 11.6 Å². The van der Waals surface area contributed by atoms with Crippen LogP contribution < -0.4 is 15.1 Å². The molecule has 0 atom stereocenters. The highest BCUT2D eigenvalue weighted by molar-refractivity contribution is 6.31. The van der Waals surface area contributed by atoms with Crippen molar-refractivity contribution in [3.8, 4) is 5.75 Å². The molecule has 7 heteroatoms. The highest BCUT2D eigenvalue weighted by Gasteiger charge is 2.25. The van der Waals surface area contributed by atoms with Crippen LogP contribution in [0.2, 0.25) is 5.02 Å². The summed E-state index contributed by atoms with van der Waals surface area (Å²) in [6.45, 7) is 5.18. The first-order valence-corrected chi connectivity index (χ1v) is 10.4. The summed E-state index contributed by atoms with van der Waals surface area (Å²) in [5.74, 6) is 0.592. The van der Waals surface area contributed by atoms with Crippen molar-refractivity contribution in [2.45, 2.75) is 13.5 Å². The Hall–Kier alpha value is -2.99. The van der Waals surface area contributed by atoms with Crippen LogP contribution in [0.4, 0.5) is 5.69 Å². The monoisotopic (exact) mass is 425 g/mol. The van der Waals surface area contributed by atoms with Crippen molar-refractivity contribution in [3.63, 3.8) is 0 Å². The zero-order chi connectivity index (χ0) is 21.3. The lowest BCUT2D eigenvalue weighted by Crippen LogP contribution is -2.49. The second kappa shape index (κ2) is 8.40. The van der Waals surface area contributed by atoms with Crippen molar-refractivity contribution >= 4 is 34.1 Å². The molecule has 3 aromatic rings. The number of aryl methyl sites for hydroxylation is 1. The second-order valence-electron chi connectivity index (χ2n) is 7.30. The quantitative estimate of drug-likeness (QED) is 0.640. The standard InChI is InChI=1S/C23H24ClN3O3/c1-3-25-15-20(22(28)19-14-16(24)4-9-21(19)25)23(29)27-12-10-26(11-13-27)17-5-7-18(30-2)8-6-17/h4-9,14-15H,3,10-13H2,1-2H3. The molecule has 6 nitrogen and oxygen atoms in total. The Morgan fingerprint density at radius 1 is 1.07 bits per heavy atom. The maximum absolute atomic E-state index is 13.2. The molecule has 0 saturated carbocycles. The Morgan fingerprint density at radius 2 is 1.77 bits per heavy atom. The Labute approximate surface area is 180 Å². The van der Waals surface area contributed by atoms with E-state index >= 15 is 0 Å². The van der Waals surface area contributed by atoms with Gasteiger partial charge >= 0.3 is 0 Å². The summed E-state index contributed by atoms with van der Waals surface area (Å²) in [4.78, 5) is 30.2. The third-order valence-electron chi connectivity index (χ3n) is 5.62. The number of aromatic nitrogens is 1. The normalized spacial score (nSPS) is 14.2. The number of nitrogens with zero attached hydrogens (tertiary/aromatic N) is 3. The van der Waals surface area contributed by atoms with E-state index in [0.717, 1.165) is 17.0 Å². The van der Waals surface area contributed by atoms with Crippen LogP contribution in [0.25, 0.3) is 10.9 Å². The fourth-order valence-corrected chi connectivity index (χ4v) is 4.09. The van der Waals surface area contributed by atoms with Gasteiger partial charge in [0, 0.05) is 55.0 Å². The summed E-state index contributed by atoms with van der Waals surface area (Å²) in [7, 11) is 1.65. The number of halogens is 1. The van der Waals surface area contributed by atoms with Crippen LogP contribution in [-0.4, -0.2) is 48.7 Å². The van der Waals surface area contributed by atoms with Crippen molar-refractivity contribution in [3.05, 3.63) is 69.5 Å². The molecule has 2 heterocycles. The van der Waals surface area contributed by atoms with Gasteiger partial charge in [-0.25, -0.2) is 0 Å². The van der Waals surface area contributed by atoms with Crippen molar-refractivity contribution in [1.29, 1.82) is 0 Å². The van der Waals surface area contributed by atoms with E-state index in [-0.39, 0.29) is 16.9 Å². The van der Waals surface area contributed by atoms with Crippen LogP contribution in [0.5, 0.6) is 5.75 Å². The van der Waals surface area contributed by atoms with E-state index < -0.39 is 0 Å². The number of amides is 1. The number of ether oxygens (including phenoxy) is 1. The third-order valence-corrected chi connectivity index (χ3v) is 5.85. The number of fused-ring (bicyclic) bond motifs is 1. The van der Waals surface area contributed by atoms with E-state index in [1.54, 1.807) is 30.3 Å². The van der Waals surface area contributed by atoms with Crippen LogP contribution in [0.3, 0.4) is 0 Å². The minimum absolute atomic E-state index is 0.199. The first kappa shape index (κ1) is 20.3. The molecule has 1 aliphatic rings. The van der Waals surface area contributed by atoms with Gasteiger partial charge in [-0.05, 0) is 49.4 Å². The molecule has 0 unspecified atom stereocenters. The molecule has 1 aromatic heterocycles. The largest absolute Gasteiger partial charge is 0.497 e. The Morgan fingerprint density at radius 3 is 2.40 bits per heavy atom. The van der Waals surface area contributed by atoms with Gasteiger partial charge in [0.2, 0.25) is 5.43 Å². The Bertz CT molecular complexity index is 1130. The number of carbonyl (C=O) groups is 1. The van der Waals surface area contributed by atoms with Gasteiger partial charge in [-0.3, -0.25) is 9.59 Å². The number of anilines is 1. The lowest BCUT2D eigenvalue weighted by Gasteiger charge is -2.36. The first-order chi connectivity index (χ1) is 14.5. The predicted molar refractivity (Wildman–Crippen MR) is 120 cm³/mol. The smallest absolute Gasteiger partial charge is 0.259 e. The summed E-state index contributed by atoms with van der Waals surface area (Å²) < 4.78 is 7.14. The molecule has 1 aliphatic heterocycles. The van der Waals surface area contributed by atoms with Gasteiger partial charge in [0.15, 0.2) is 0 Å². The summed E-state index contributed by atoms with van der Waals surface area (Å²) in [6.07, 6.45) is 1.68. The molecular formula is C23H24ClN3O3. The van der Waals surface area contributed by atoms with Gasteiger partial charge in [0.1, 0.15) is 11.3 Å².